The maximum absolute atomic E-state index is 15.0. The highest BCUT2D eigenvalue weighted by molar-refractivity contribution is 6.31. The summed E-state index contributed by atoms with van der Waals surface area (Å²) >= 11 is 12.3. The standard InChI is InChI=1S/C28H31Cl2F2N3O4/c29-18-10-15(6-7-20(18)31)23-24(26(38)33-9-8-16(37)13-36)35-25(14-4-2-1-3-5-14)28(23)17-11-21(32)19(30)12-22(17)34-27(28)39/h6-7,10-12,14,16,23-25,35-37H,1-5,8-9,13H2,(H,33,38)(H,34,39). The molecule has 2 fully saturated rings. The number of amides is 2. The quantitative estimate of drug-likeness (QED) is 0.339. The number of halogens is 4. The van der Waals surface area contributed by atoms with Crippen LogP contribution in [0.25, 0.3) is 0 Å². The number of anilines is 1. The minimum atomic E-state index is -1.41. The molecule has 2 heterocycles. The number of nitrogens with one attached hydrogen (secondary N) is 3. The van der Waals surface area contributed by atoms with Crippen LogP contribution in [0.15, 0.2) is 30.3 Å². The van der Waals surface area contributed by atoms with E-state index in [1.165, 1.54) is 30.3 Å². The lowest BCUT2D eigenvalue weighted by atomic mass is 9.61. The first-order valence-electron chi connectivity index (χ1n) is 13.3. The number of carbonyl (C=O) groups excluding carboxylic acids is 2. The molecular weight excluding hydrogens is 551 g/mol. The molecule has 3 aliphatic rings. The molecule has 7 nitrogen and oxygen atoms in total. The van der Waals surface area contributed by atoms with Gasteiger partial charge in [-0.05, 0) is 60.6 Å². The lowest BCUT2D eigenvalue weighted by Crippen LogP contribution is -2.52. The van der Waals surface area contributed by atoms with E-state index in [1.807, 2.05) is 0 Å². The molecule has 2 aromatic carbocycles. The first-order chi connectivity index (χ1) is 18.7. The molecule has 5 atom stereocenters. The van der Waals surface area contributed by atoms with Gasteiger partial charge in [0.25, 0.3) is 0 Å². The third kappa shape index (κ3) is 4.93. The number of benzene rings is 2. The van der Waals surface area contributed by atoms with Crippen molar-refractivity contribution in [2.45, 2.75) is 68.0 Å². The minimum absolute atomic E-state index is 0.0154. The molecule has 0 radical (unpaired) electrons. The molecule has 2 amide bonds. The molecule has 0 aromatic heterocycles. The molecule has 39 heavy (non-hydrogen) atoms. The topological polar surface area (TPSA) is 111 Å². The van der Waals surface area contributed by atoms with E-state index >= 15 is 0 Å². The van der Waals surface area contributed by atoms with Crippen molar-refractivity contribution in [1.82, 2.24) is 10.6 Å². The molecular formula is C28H31Cl2F2N3O4. The van der Waals surface area contributed by atoms with Crippen molar-refractivity contribution in [2.75, 3.05) is 18.5 Å². The molecule has 0 bridgehead atoms. The van der Waals surface area contributed by atoms with Gasteiger partial charge >= 0.3 is 0 Å². The summed E-state index contributed by atoms with van der Waals surface area (Å²) < 4.78 is 29.3. The van der Waals surface area contributed by atoms with Crippen molar-refractivity contribution in [3.63, 3.8) is 0 Å². The average Bonchev–Trinajstić information content (AvgIpc) is 3.42. The van der Waals surface area contributed by atoms with E-state index in [-0.39, 0.29) is 28.9 Å². The maximum Gasteiger partial charge on any atom is 0.237 e. The van der Waals surface area contributed by atoms with Gasteiger partial charge in [0.2, 0.25) is 11.8 Å². The SMILES string of the molecule is O=C(NCCC(O)CO)C1NC(C2CCCCC2)C2(C(=O)Nc3cc(Cl)c(F)cc32)C1c1ccc(F)c(Cl)c1. The highest BCUT2D eigenvalue weighted by Crippen LogP contribution is 2.58. The highest BCUT2D eigenvalue weighted by Gasteiger charge is 2.67. The van der Waals surface area contributed by atoms with Gasteiger partial charge in [-0.15, -0.1) is 0 Å². The summed E-state index contributed by atoms with van der Waals surface area (Å²) in [6, 6.07) is 5.28. The van der Waals surface area contributed by atoms with E-state index in [2.05, 4.69) is 16.0 Å². The smallest absolute Gasteiger partial charge is 0.237 e. The van der Waals surface area contributed by atoms with Gasteiger partial charge in [0.15, 0.2) is 0 Å². The van der Waals surface area contributed by atoms with E-state index in [0.717, 1.165) is 32.1 Å². The predicted molar refractivity (Wildman–Crippen MR) is 144 cm³/mol. The van der Waals surface area contributed by atoms with E-state index < -0.39 is 59.6 Å². The highest BCUT2D eigenvalue weighted by atomic mass is 35.5. The zero-order chi connectivity index (χ0) is 27.9. The number of hydrogen-bond donors (Lipinski definition) is 5. The average molecular weight is 582 g/mol. The fourth-order valence-electron chi connectivity index (χ4n) is 6.76. The second-order valence-electron chi connectivity index (χ2n) is 10.7. The lowest BCUT2D eigenvalue weighted by molar-refractivity contribution is -0.124. The monoisotopic (exact) mass is 581 g/mol. The number of fused-ring (bicyclic) bond motifs is 2. The van der Waals surface area contributed by atoms with Crippen molar-refractivity contribution in [2.24, 2.45) is 5.92 Å². The van der Waals surface area contributed by atoms with Crippen LogP contribution in [0.5, 0.6) is 0 Å². The number of rotatable bonds is 7. The Morgan fingerprint density at radius 1 is 1.10 bits per heavy atom. The Morgan fingerprint density at radius 2 is 1.82 bits per heavy atom. The molecule has 5 unspecified atom stereocenters. The summed E-state index contributed by atoms with van der Waals surface area (Å²) in [6.07, 6.45) is 3.79. The third-order valence-corrected chi connectivity index (χ3v) is 9.08. The molecule has 5 rings (SSSR count). The number of carbonyl (C=O) groups is 2. The number of hydrogen-bond acceptors (Lipinski definition) is 5. The summed E-state index contributed by atoms with van der Waals surface area (Å²) in [4.78, 5) is 27.9. The van der Waals surface area contributed by atoms with E-state index in [4.69, 9.17) is 28.3 Å². The minimum Gasteiger partial charge on any atom is -0.394 e. The van der Waals surface area contributed by atoms with E-state index in [9.17, 15) is 23.5 Å². The number of aliphatic hydroxyl groups is 2. The predicted octanol–water partition coefficient (Wildman–Crippen LogP) is 4.03. The molecule has 5 N–H and O–H groups in total. The van der Waals surface area contributed by atoms with Crippen LogP contribution in [0.2, 0.25) is 10.0 Å². The molecule has 2 aromatic rings. The van der Waals surface area contributed by atoms with Crippen molar-refractivity contribution in [3.8, 4) is 0 Å². The van der Waals surface area contributed by atoms with Crippen molar-refractivity contribution < 1.29 is 28.6 Å². The van der Waals surface area contributed by atoms with Gasteiger partial charge in [-0.25, -0.2) is 8.78 Å². The fourth-order valence-corrected chi connectivity index (χ4v) is 7.12. The van der Waals surface area contributed by atoms with Gasteiger partial charge in [-0.2, -0.15) is 0 Å². The zero-order valence-corrected chi connectivity index (χ0v) is 22.7. The first kappa shape index (κ1) is 28.2. The fraction of sp³-hybridized carbons (Fsp3) is 0.500. The molecule has 1 aliphatic carbocycles. The largest absolute Gasteiger partial charge is 0.394 e. The second-order valence-corrected chi connectivity index (χ2v) is 11.5. The van der Waals surface area contributed by atoms with Crippen LogP contribution in [0, 0.1) is 17.6 Å². The number of aliphatic hydroxyl groups excluding tert-OH is 2. The molecule has 1 spiro atoms. The summed E-state index contributed by atoms with van der Waals surface area (Å²) in [5.41, 5.74) is -0.175. The Bertz CT molecular complexity index is 1280. The van der Waals surface area contributed by atoms with Crippen molar-refractivity contribution in [3.05, 3.63) is 63.1 Å². The second kappa shape index (κ2) is 11.3. The molecule has 1 saturated carbocycles. The van der Waals surface area contributed by atoms with Crippen molar-refractivity contribution >= 4 is 40.7 Å². The molecule has 210 valence electrons. The summed E-state index contributed by atoms with van der Waals surface area (Å²) in [5, 5.41) is 27.7. The van der Waals surface area contributed by atoms with Gasteiger partial charge in [-0.1, -0.05) is 48.5 Å². The van der Waals surface area contributed by atoms with Crippen molar-refractivity contribution in [1.29, 1.82) is 0 Å². The third-order valence-electron chi connectivity index (χ3n) is 8.50. The molecule has 11 heteroatoms. The van der Waals surface area contributed by atoms with Gasteiger partial charge < -0.3 is 26.2 Å². The van der Waals surface area contributed by atoms with Crippen LogP contribution in [-0.4, -0.2) is 53.4 Å². The van der Waals surface area contributed by atoms with Gasteiger partial charge in [0, 0.05) is 24.2 Å². The first-order valence-corrected chi connectivity index (χ1v) is 14.0. The maximum atomic E-state index is 15.0. The Balaban J connectivity index is 1.67. The molecule has 1 saturated heterocycles. The van der Waals surface area contributed by atoms with Crippen LogP contribution in [0.1, 0.15) is 55.6 Å². The van der Waals surface area contributed by atoms with Crippen LogP contribution in [0.3, 0.4) is 0 Å². The Hall–Kier alpha value is -2.30. The van der Waals surface area contributed by atoms with Gasteiger partial charge in [0.1, 0.15) is 17.0 Å². The van der Waals surface area contributed by atoms with Gasteiger partial charge in [-0.3, -0.25) is 9.59 Å². The van der Waals surface area contributed by atoms with Crippen LogP contribution in [0.4, 0.5) is 14.5 Å². The van der Waals surface area contributed by atoms with Crippen LogP contribution in [-0.2, 0) is 15.0 Å². The summed E-state index contributed by atoms with van der Waals surface area (Å²) in [7, 11) is 0. The normalized spacial score (nSPS) is 27.4. The summed E-state index contributed by atoms with van der Waals surface area (Å²) in [5.74, 6) is -3.00. The van der Waals surface area contributed by atoms with E-state index in [1.54, 1.807) is 0 Å². The molecule has 2 aliphatic heterocycles. The lowest BCUT2D eigenvalue weighted by Gasteiger charge is -2.40. The Kier molecular flexibility index (Phi) is 8.18. The van der Waals surface area contributed by atoms with Crippen LogP contribution >= 0.6 is 23.2 Å². The Morgan fingerprint density at radius 3 is 2.51 bits per heavy atom. The van der Waals surface area contributed by atoms with Crippen LogP contribution < -0.4 is 16.0 Å². The summed E-state index contributed by atoms with van der Waals surface area (Å²) in [6.45, 7) is -0.351. The van der Waals surface area contributed by atoms with E-state index in [0.29, 0.717) is 16.8 Å². The van der Waals surface area contributed by atoms with Gasteiger partial charge in [0.05, 0.1) is 28.8 Å². The Labute approximate surface area is 235 Å². The zero-order valence-electron chi connectivity index (χ0n) is 21.2.